The highest BCUT2D eigenvalue weighted by molar-refractivity contribution is 7.92. The number of aryl methyl sites for hydroxylation is 1. The summed E-state index contributed by atoms with van der Waals surface area (Å²) in [5, 5.41) is -0.795. The Morgan fingerprint density at radius 3 is 2.26 bits per heavy atom. The van der Waals surface area contributed by atoms with Crippen molar-refractivity contribution >= 4 is 15.8 Å². The zero-order valence-electron chi connectivity index (χ0n) is 13.9. The minimum absolute atomic E-state index is 0.0115. The Morgan fingerprint density at radius 1 is 1.22 bits per heavy atom. The van der Waals surface area contributed by atoms with Gasteiger partial charge in [-0.15, -0.1) is 0 Å². The lowest BCUT2D eigenvalue weighted by atomic mass is 9.98. The number of sulfone groups is 1. The maximum Gasteiger partial charge on any atom is 0.315 e. The third-order valence-corrected chi connectivity index (χ3v) is 7.06. The van der Waals surface area contributed by atoms with Crippen LogP contribution in [0.25, 0.3) is 0 Å². The van der Waals surface area contributed by atoms with E-state index < -0.39 is 32.4 Å². The van der Waals surface area contributed by atoms with E-state index in [1.807, 2.05) is 24.3 Å². The molecule has 2 N–H and O–H groups in total. The SMILES string of the molecule is CCOC(=O)[C@@]1(CN)[C@@H](c2ccc(CC)cc2)[C@@H]1S(=O)(=O)CC. The van der Waals surface area contributed by atoms with E-state index in [2.05, 4.69) is 6.92 Å². The van der Waals surface area contributed by atoms with Gasteiger partial charge in [0.25, 0.3) is 0 Å². The first-order valence-electron chi connectivity index (χ1n) is 8.06. The molecule has 1 saturated carbocycles. The Balaban J connectivity index is 2.47. The fourth-order valence-electron chi connectivity index (χ4n) is 3.38. The molecule has 0 unspecified atom stereocenters. The molecule has 0 aromatic heterocycles. The number of hydrogen-bond donors (Lipinski definition) is 1. The van der Waals surface area contributed by atoms with Gasteiger partial charge in [-0.05, 0) is 24.5 Å². The molecule has 1 aliphatic carbocycles. The first-order valence-corrected chi connectivity index (χ1v) is 9.78. The van der Waals surface area contributed by atoms with Crippen LogP contribution >= 0.6 is 0 Å². The second-order valence-corrected chi connectivity index (χ2v) is 8.32. The quantitative estimate of drug-likeness (QED) is 0.764. The van der Waals surface area contributed by atoms with Gasteiger partial charge in [-0.3, -0.25) is 4.79 Å². The number of carbonyl (C=O) groups excluding carboxylic acids is 1. The smallest absolute Gasteiger partial charge is 0.315 e. The van der Waals surface area contributed by atoms with E-state index >= 15 is 0 Å². The summed E-state index contributed by atoms with van der Waals surface area (Å²) in [5.41, 5.74) is 6.71. The van der Waals surface area contributed by atoms with Crippen LogP contribution in [-0.2, 0) is 25.8 Å². The Labute approximate surface area is 138 Å². The van der Waals surface area contributed by atoms with Gasteiger partial charge in [0.05, 0.1) is 11.9 Å². The van der Waals surface area contributed by atoms with Gasteiger partial charge in [-0.25, -0.2) is 8.42 Å². The lowest BCUT2D eigenvalue weighted by Crippen LogP contribution is -2.34. The molecule has 0 bridgehead atoms. The zero-order valence-corrected chi connectivity index (χ0v) is 14.7. The molecule has 0 saturated heterocycles. The number of ether oxygens (including phenoxy) is 1. The van der Waals surface area contributed by atoms with Crippen molar-refractivity contribution in [3.63, 3.8) is 0 Å². The maximum absolute atomic E-state index is 12.5. The highest BCUT2D eigenvalue weighted by Crippen LogP contribution is 2.63. The molecule has 0 spiro atoms. The second-order valence-electron chi connectivity index (χ2n) is 5.91. The summed E-state index contributed by atoms with van der Waals surface area (Å²) in [6.07, 6.45) is 0.904. The molecule has 0 aliphatic heterocycles. The molecule has 1 aromatic carbocycles. The monoisotopic (exact) mass is 339 g/mol. The van der Waals surface area contributed by atoms with E-state index in [4.69, 9.17) is 10.5 Å². The molecule has 0 radical (unpaired) electrons. The highest BCUT2D eigenvalue weighted by atomic mass is 32.2. The number of rotatable bonds is 7. The maximum atomic E-state index is 12.5. The summed E-state index contributed by atoms with van der Waals surface area (Å²) in [4.78, 5) is 12.5. The third kappa shape index (κ3) is 2.90. The predicted octanol–water partition coefficient (Wildman–Crippen LogP) is 1.66. The molecule has 0 amide bonds. The number of nitrogens with two attached hydrogens (primary N) is 1. The van der Waals surface area contributed by atoms with Gasteiger partial charge in [-0.1, -0.05) is 38.1 Å². The predicted molar refractivity (Wildman–Crippen MR) is 89.9 cm³/mol. The fraction of sp³-hybridized carbons (Fsp3) is 0.588. The van der Waals surface area contributed by atoms with E-state index in [0.717, 1.165) is 12.0 Å². The molecular weight excluding hydrogens is 314 g/mol. The van der Waals surface area contributed by atoms with Crippen LogP contribution in [0.2, 0.25) is 0 Å². The largest absolute Gasteiger partial charge is 0.465 e. The molecule has 6 heteroatoms. The lowest BCUT2D eigenvalue weighted by Gasteiger charge is -2.14. The van der Waals surface area contributed by atoms with E-state index in [1.165, 1.54) is 5.56 Å². The van der Waals surface area contributed by atoms with Crippen molar-refractivity contribution in [3.8, 4) is 0 Å². The van der Waals surface area contributed by atoms with Gasteiger partial charge in [0.2, 0.25) is 0 Å². The van der Waals surface area contributed by atoms with Crippen molar-refractivity contribution in [2.24, 2.45) is 11.1 Å². The van der Waals surface area contributed by atoms with Crippen molar-refractivity contribution in [3.05, 3.63) is 35.4 Å². The standard InChI is InChI=1S/C17H25NO4S/c1-4-12-7-9-13(10-8-12)14-15(23(20,21)6-3)17(14,11-18)16(19)22-5-2/h7-10,14-15H,4-6,11,18H2,1-3H3/t14-,15-,17-/m0/s1. The highest BCUT2D eigenvalue weighted by Gasteiger charge is 2.74. The summed E-state index contributed by atoms with van der Waals surface area (Å²) >= 11 is 0. The van der Waals surface area contributed by atoms with Crippen LogP contribution in [0.15, 0.2) is 24.3 Å². The van der Waals surface area contributed by atoms with Crippen LogP contribution in [-0.4, -0.2) is 38.5 Å². The summed E-state index contributed by atoms with van der Waals surface area (Å²) in [6.45, 7) is 5.53. The average Bonchev–Trinajstić information content (AvgIpc) is 3.26. The number of carbonyl (C=O) groups is 1. The number of esters is 1. The molecule has 3 atom stereocenters. The lowest BCUT2D eigenvalue weighted by molar-refractivity contribution is -0.149. The minimum atomic E-state index is -3.40. The molecule has 23 heavy (non-hydrogen) atoms. The van der Waals surface area contributed by atoms with Crippen LogP contribution in [0.5, 0.6) is 0 Å². The van der Waals surface area contributed by atoms with Crippen LogP contribution in [0.4, 0.5) is 0 Å². The molecule has 1 aliphatic rings. The van der Waals surface area contributed by atoms with Gasteiger partial charge < -0.3 is 10.5 Å². The molecule has 1 fully saturated rings. The van der Waals surface area contributed by atoms with Crippen LogP contribution in [0.1, 0.15) is 37.8 Å². The van der Waals surface area contributed by atoms with Crippen molar-refractivity contribution in [2.45, 2.75) is 38.4 Å². The zero-order chi connectivity index (χ0) is 17.3. The third-order valence-electron chi connectivity index (χ3n) is 4.79. The van der Waals surface area contributed by atoms with E-state index in [-0.39, 0.29) is 18.9 Å². The Hall–Kier alpha value is -1.40. The van der Waals surface area contributed by atoms with Gasteiger partial charge in [0.1, 0.15) is 5.41 Å². The van der Waals surface area contributed by atoms with Crippen LogP contribution in [0.3, 0.4) is 0 Å². The Kier molecular flexibility index (Phi) is 5.16. The Bertz CT molecular complexity index is 668. The molecule has 128 valence electrons. The second kappa shape index (κ2) is 6.61. The van der Waals surface area contributed by atoms with Crippen LogP contribution in [0, 0.1) is 5.41 Å². The molecule has 5 nitrogen and oxygen atoms in total. The first kappa shape index (κ1) is 17.9. The van der Waals surface area contributed by atoms with Crippen molar-refractivity contribution in [2.75, 3.05) is 18.9 Å². The van der Waals surface area contributed by atoms with Gasteiger partial charge in [-0.2, -0.15) is 0 Å². The number of benzene rings is 1. The summed E-state index contributed by atoms with van der Waals surface area (Å²) in [5.74, 6) is -0.945. The van der Waals surface area contributed by atoms with Gasteiger partial charge in [0, 0.05) is 18.2 Å². The molecule has 0 heterocycles. The Morgan fingerprint density at radius 2 is 1.83 bits per heavy atom. The molecule has 1 aromatic rings. The van der Waals surface area contributed by atoms with Crippen molar-refractivity contribution in [1.82, 2.24) is 0 Å². The van der Waals surface area contributed by atoms with Crippen LogP contribution < -0.4 is 5.73 Å². The summed E-state index contributed by atoms with van der Waals surface area (Å²) in [6, 6.07) is 7.74. The van der Waals surface area contributed by atoms with E-state index in [0.29, 0.717) is 0 Å². The van der Waals surface area contributed by atoms with Crippen molar-refractivity contribution < 1.29 is 17.9 Å². The minimum Gasteiger partial charge on any atom is -0.465 e. The summed E-state index contributed by atoms with van der Waals surface area (Å²) < 4.78 is 30.1. The molecule has 2 rings (SSSR count). The van der Waals surface area contributed by atoms with Crippen molar-refractivity contribution in [1.29, 1.82) is 0 Å². The van der Waals surface area contributed by atoms with Gasteiger partial charge in [0.15, 0.2) is 9.84 Å². The average molecular weight is 339 g/mol. The normalized spacial score (nSPS) is 26.8. The molecular formula is C17H25NO4S. The topological polar surface area (TPSA) is 86.5 Å². The number of hydrogen-bond acceptors (Lipinski definition) is 5. The fourth-order valence-corrected chi connectivity index (χ4v) is 5.46. The van der Waals surface area contributed by atoms with Gasteiger partial charge >= 0.3 is 5.97 Å². The first-order chi connectivity index (χ1) is 10.9. The van der Waals surface area contributed by atoms with E-state index in [1.54, 1.807) is 13.8 Å². The van der Waals surface area contributed by atoms with E-state index in [9.17, 15) is 13.2 Å². The summed E-state index contributed by atoms with van der Waals surface area (Å²) in [7, 11) is -3.40.